The molecule has 2 aliphatic rings. The molecular formula is C16H19N3O5. The number of fused-ring (bicyclic) bond motifs is 1. The molecule has 0 spiro atoms. The summed E-state index contributed by atoms with van der Waals surface area (Å²) in [6, 6.07) is 6.51. The van der Waals surface area contributed by atoms with Gasteiger partial charge >= 0.3 is 5.97 Å². The van der Waals surface area contributed by atoms with E-state index in [1.54, 1.807) is 24.3 Å². The number of benzene rings is 1. The minimum atomic E-state index is -0.956. The van der Waals surface area contributed by atoms with Crippen LogP contribution in [0.25, 0.3) is 0 Å². The standard InChI is InChI=1S/C16H19N3O5/c17-14(20)8-19-12-6-18(7-13(12)24-9-15(19)21)5-10-1-3-11(4-2-10)16(22)23/h1-4,12-13H,5-9H2,(H2,17,20)(H,22,23). The van der Waals surface area contributed by atoms with Crippen molar-refractivity contribution in [2.45, 2.75) is 18.7 Å². The van der Waals surface area contributed by atoms with Crippen molar-refractivity contribution < 1.29 is 24.2 Å². The molecule has 0 aliphatic carbocycles. The number of carboxylic acids is 1. The second-order valence-corrected chi connectivity index (χ2v) is 6.10. The van der Waals surface area contributed by atoms with Crippen molar-refractivity contribution >= 4 is 17.8 Å². The van der Waals surface area contributed by atoms with E-state index in [1.165, 1.54) is 4.90 Å². The van der Waals surface area contributed by atoms with E-state index in [0.29, 0.717) is 19.6 Å². The molecule has 8 nitrogen and oxygen atoms in total. The second kappa shape index (κ2) is 6.58. The van der Waals surface area contributed by atoms with E-state index in [4.69, 9.17) is 15.6 Å². The zero-order valence-corrected chi connectivity index (χ0v) is 13.1. The Kier molecular flexibility index (Phi) is 4.50. The van der Waals surface area contributed by atoms with Crippen molar-refractivity contribution in [3.05, 3.63) is 35.4 Å². The van der Waals surface area contributed by atoms with Gasteiger partial charge in [-0.2, -0.15) is 0 Å². The summed E-state index contributed by atoms with van der Waals surface area (Å²) in [6.07, 6.45) is -0.139. The molecule has 2 saturated heterocycles. The summed E-state index contributed by atoms with van der Waals surface area (Å²) in [7, 11) is 0. The van der Waals surface area contributed by atoms with Crippen molar-refractivity contribution in [2.75, 3.05) is 26.2 Å². The van der Waals surface area contributed by atoms with E-state index < -0.39 is 11.9 Å². The van der Waals surface area contributed by atoms with Gasteiger partial charge < -0.3 is 20.5 Å². The molecular weight excluding hydrogens is 314 g/mol. The van der Waals surface area contributed by atoms with Gasteiger partial charge in [0.05, 0.1) is 24.3 Å². The van der Waals surface area contributed by atoms with Crippen LogP contribution >= 0.6 is 0 Å². The Labute approximate surface area is 138 Å². The first-order chi connectivity index (χ1) is 11.4. The molecule has 0 radical (unpaired) electrons. The van der Waals surface area contributed by atoms with Crippen molar-refractivity contribution in [3.63, 3.8) is 0 Å². The SMILES string of the molecule is NC(=O)CN1C(=O)COC2CN(Cc3ccc(C(=O)O)cc3)CC21. The molecule has 0 aromatic heterocycles. The molecule has 2 amide bonds. The van der Waals surface area contributed by atoms with Gasteiger partial charge in [-0.1, -0.05) is 12.1 Å². The van der Waals surface area contributed by atoms with Crippen LogP contribution in [0.3, 0.4) is 0 Å². The van der Waals surface area contributed by atoms with Crippen molar-refractivity contribution in [2.24, 2.45) is 5.73 Å². The van der Waals surface area contributed by atoms with Crippen molar-refractivity contribution in [1.29, 1.82) is 0 Å². The van der Waals surface area contributed by atoms with E-state index in [9.17, 15) is 14.4 Å². The Morgan fingerprint density at radius 1 is 1.25 bits per heavy atom. The van der Waals surface area contributed by atoms with Crippen LogP contribution in [0.2, 0.25) is 0 Å². The van der Waals surface area contributed by atoms with Crippen LogP contribution in [0.5, 0.6) is 0 Å². The smallest absolute Gasteiger partial charge is 0.335 e. The van der Waals surface area contributed by atoms with E-state index >= 15 is 0 Å². The zero-order chi connectivity index (χ0) is 17.3. The molecule has 0 saturated carbocycles. The minimum absolute atomic E-state index is 0.0321. The highest BCUT2D eigenvalue weighted by Crippen LogP contribution is 2.24. The van der Waals surface area contributed by atoms with Gasteiger partial charge in [-0.3, -0.25) is 14.5 Å². The van der Waals surface area contributed by atoms with Crippen LogP contribution in [0.15, 0.2) is 24.3 Å². The summed E-state index contributed by atoms with van der Waals surface area (Å²) >= 11 is 0. The number of ether oxygens (including phenoxy) is 1. The molecule has 1 aromatic rings. The van der Waals surface area contributed by atoms with E-state index in [-0.39, 0.29) is 36.8 Å². The third-order valence-electron chi connectivity index (χ3n) is 4.39. The summed E-state index contributed by atoms with van der Waals surface area (Å²) in [5.41, 5.74) is 6.45. The fourth-order valence-electron chi connectivity index (χ4n) is 3.26. The molecule has 2 unspecified atom stereocenters. The first-order valence-corrected chi connectivity index (χ1v) is 7.68. The Bertz CT molecular complexity index is 660. The molecule has 24 heavy (non-hydrogen) atoms. The Morgan fingerprint density at radius 3 is 2.58 bits per heavy atom. The number of nitrogens with two attached hydrogens (primary N) is 1. The number of primary amides is 1. The van der Waals surface area contributed by atoms with E-state index in [0.717, 1.165) is 5.56 Å². The highest BCUT2D eigenvalue weighted by molar-refractivity contribution is 5.87. The number of carboxylic acid groups (broad SMARTS) is 1. The summed E-state index contributed by atoms with van der Waals surface area (Å²) in [4.78, 5) is 37.7. The number of likely N-dealkylation sites (tertiary alicyclic amines) is 1. The largest absolute Gasteiger partial charge is 0.478 e. The third kappa shape index (κ3) is 3.39. The lowest BCUT2D eigenvalue weighted by atomic mass is 10.1. The molecule has 3 rings (SSSR count). The van der Waals surface area contributed by atoms with Gasteiger partial charge in [0.15, 0.2) is 0 Å². The Morgan fingerprint density at radius 2 is 1.96 bits per heavy atom. The maximum Gasteiger partial charge on any atom is 0.335 e. The first-order valence-electron chi connectivity index (χ1n) is 7.68. The van der Waals surface area contributed by atoms with E-state index in [1.807, 2.05) is 0 Å². The molecule has 2 fully saturated rings. The lowest BCUT2D eigenvalue weighted by molar-refractivity contribution is -0.155. The second-order valence-electron chi connectivity index (χ2n) is 6.10. The van der Waals surface area contributed by atoms with Gasteiger partial charge in [0, 0.05) is 19.6 Å². The van der Waals surface area contributed by atoms with Crippen LogP contribution in [-0.2, 0) is 20.9 Å². The van der Waals surface area contributed by atoms with Crippen LogP contribution < -0.4 is 5.73 Å². The molecule has 1 aromatic carbocycles. The summed E-state index contributed by atoms with van der Waals surface area (Å²) in [6.45, 7) is 1.73. The van der Waals surface area contributed by atoms with Crippen LogP contribution in [0.4, 0.5) is 0 Å². The molecule has 3 N–H and O–H groups in total. The summed E-state index contributed by atoms with van der Waals surface area (Å²) in [5.74, 6) is -1.71. The van der Waals surface area contributed by atoms with Gasteiger partial charge in [0.2, 0.25) is 11.8 Å². The fourth-order valence-corrected chi connectivity index (χ4v) is 3.26. The van der Waals surface area contributed by atoms with Crippen LogP contribution in [-0.4, -0.2) is 71.1 Å². The highest BCUT2D eigenvalue weighted by Gasteiger charge is 2.43. The number of hydrogen-bond acceptors (Lipinski definition) is 5. The quantitative estimate of drug-likeness (QED) is 0.735. The zero-order valence-electron chi connectivity index (χ0n) is 13.1. The van der Waals surface area contributed by atoms with Crippen LogP contribution in [0, 0.1) is 0 Å². The lowest BCUT2D eigenvalue weighted by Crippen LogP contribution is -2.56. The molecule has 2 aliphatic heterocycles. The van der Waals surface area contributed by atoms with Gasteiger partial charge in [-0.05, 0) is 17.7 Å². The predicted octanol–water partition coefficient (Wildman–Crippen LogP) is -0.718. The number of carbonyl (C=O) groups excluding carboxylic acids is 2. The van der Waals surface area contributed by atoms with Crippen LogP contribution in [0.1, 0.15) is 15.9 Å². The monoisotopic (exact) mass is 333 g/mol. The molecule has 128 valence electrons. The minimum Gasteiger partial charge on any atom is -0.478 e. The number of aromatic carboxylic acids is 1. The van der Waals surface area contributed by atoms with Gasteiger partial charge in [-0.25, -0.2) is 4.79 Å². The molecule has 2 heterocycles. The maximum atomic E-state index is 12.0. The number of rotatable bonds is 5. The maximum absolute atomic E-state index is 12.0. The molecule has 2 atom stereocenters. The predicted molar refractivity (Wildman–Crippen MR) is 83.1 cm³/mol. The summed E-state index contributed by atoms with van der Waals surface area (Å²) < 4.78 is 5.58. The van der Waals surface area contributed by atoms with Crippen molar-refractivity contribution in [3.8, 4) is 0 Å². The average molecular weight is 333 g/mol. The lowest BCUT2D eigenvalue weighted by Gasteiger charge is -2.35. The highest BCUT2D eigenvalue weighted by atomic mass is 16.5. The third-order valence-corrected chi connectivity index (χ3v) is 4.39. The van der Waals surface area contributed by atoms with Gasteiger partial charge in [-0.15, -0.1) is 0 Å². The number of carbonyl (C=O) groups is 3. The number of nitrogens with zero attached hydrogens (tertiary/aromatic N) is 2. The van der Waals surface area contributed by atoms with Gasteiger partial charge in [0.1, 0.15) is 6.61 Å². The first kappa shape index (κ1) is 16.4. The topological polar surface area (TPSA) is 113 Å². The van der Waals surface area contributed by atoms with Crippen molar-refractivity contribution in [1.82, 2.24) is 9.80 Å². The Balaban J connectivity index is 1.66. The normalized spacial score (nSPS) is 24.0. The van der Waals surface area contributed by atoms with E-state index in [2.05, 4.69) is 4.90 Å². The number of hydrogen-bond donors (Lipinski definition) is 2. The fraction of sp³-hybridized carbons (Fsp3) is 0.438. The summed E-state index contributed by atoms with van der Waals surface area (Å²) in [5, 5.41) is 8.92. The van der Waals surface area contributed by atoms with Gasteiger partial charge in [0.25, 0.3) is 0 Å². The number of amides is 2. The Hall–Kier alpha value is -2.45. The number of morpholine rings is 1. The molecule has 8 heteroatoms. The molecule has 0 bridgehead atoms. The average Bonchev–Trinajstić information content (AvgIpc) is 2.93.